The van der Waals surface area contributed by atoms with Crippen LogP contribution < -0.4 is 10.6 Å². The molecule has 1 atom stereocenters. The Kier molecular flexibility index (Phi) is 10.3. The van der Waals surface area contributed by atoms with Crippen LogP contribution in [-0.4, -0.2) is 32.0 Å². The van der Waals surface area contributed by atoms with Crippen LogP contribution in [0.25, 0.3) is 0 Å². The van der Waals surface area contributed by atoms with Crippen LogP contribution in [0.15, 0.2) is 51.9 Å². The highest BCUT2D eigenvalue weighted by atomic mass is 127. The van der Waals surface area contributed by atoms with E-state index in [9.17, 15) is 4.39 Å². The summed E-state index contributed by atoms with van der Waals surface area (Å²) in [6.45, 7) is 3.23. The Morgan fingerprint density at radius 3 is 2.56 bits per heavy atom. The van der Waals surface area contributed by atoms with Gasteiger partial charge in [0.1, 0.15) is 5.82 Å². The predicted molar refractivity (Wildman–Crippen MR) is 125 cm³/mol. The number of guanidine groups is 1. The first-order valence-electron chi connectivity index (χ1n) is 8.54. The van der Waals surface area contributed by atoms with E-state index in [0.29, 0.717) is 24.6 Å². The summed E-state index contributed by atoms with van der Waals surface area (Å²) in [6, 6.07) is 13.4. The summed E-state index contributed by atoms with van der Waals surface area (Å²) in [7, 11) is 5.60. The minimum Gasteiger partial charge on any atom is -0.352 e. The molecule has 7 heteroatoms. The molecule has 148 valence electrons. The van der Waals surface area contributed by atoms with Crippen LogP contribution >= 0.6 is 39.9 Å². The first-order chi connectivity index (χ1) is 12.4. The Morgan fingerprint density at radius 1 is 1.22 bits per heavy atom. The Morgan fingerprint density at radius 2 is 1.93 bits per heavy atom. The highest BCUT2D eigenvalue weighted by Gasteiger charge is 2.11. The van der Waals surface area contributed by atoms with Crippen molar-refractivity contribution in [1.29, 1.82) is 0 Å². The third-order valence-corrected chi connectivity index (χ3v) is 4.73. The van der Waals surface area contributed by atoms with Crippen molar-refractivity contribution in [2.24, 2.45) is 4.99 Å². The normalized spacial score (nSPS) is 12.5. The van der Waals surface area contributed by atoms with E-state index < -0.39 is 0 Å². The van der Waals surface area contributed by atoms with Gasteiger partial charge >= 0.3 is 0 Å². The van der Waals surface area contributed by atoms with Gasteiger partial charge in [-0.2, -0.15) is 0 Å². The zero-order valence-corrected chi connectivity index (χ0v) is 20.0. The lowest BCUT2D eigenvalue weighted by molar-refractivity contribution is 0.392. The van der Waals surface area contributed by atoms with Gasteiger partial charge in [0.15, 0.2) is 5.96 Å². The van der Waals surface area contributed by atoms with E-state index in [-0.39, 0.29) is 35.8 Å². The van der Waals surface area contributed by atoms with Crippen LogP contribution in [0.5, 0.6) is 0 Å². The number of rotatable bonds is 6. The molecule has 0 saturated carbocycles. The fourth-order valence-electron chi connectivity index (χ4n) is 2.69. The molecule has 1 unspecified atom stereocenters. The van der Waals surface area contributed by atoms with Gasteiger partial charge < -0.3 is 15.5 Å². The molecule has 0 heterocycles. The van der Waals surface area contributed by atoms with Crippen molar-refractivity contribution >= 4 is 45.9 Å². The van der Waals surface area contributed by atoms with Crippen LogP contribution in [0, 0.1) is 5.82 Å². The molecule has 2 aromatic rings. The van der Waals surface area contributed by atoms with Crippen molar-refractivity contribution in [1.82, 2.24) is 15.5 Å². The smallest absolute Gasteiger partial charge is 0.191 e. The number of aliphatic imine (C=N–C) groups is 1. The molecule has 0 aliphatic rings. The minimum atomic E-state index is -0.174. The predicted octanol–water partition coefficient (Wildman–Crippen LogP) is 4.69. The Balaban J connectivity index is 0.00000364. The molecular weight excluding hydrogens is 522 g/mol. The summed E-state index contributed by atoms with van der Waals surface area (Å²) in [5, 5.41) is 6.67. The second kappa shape index (κ2) is 11.6. The van der Waals surface area contributed by atoms with Crippen molar-refractivity contribution in [3.63, 3.8) is 0 Å². The molecule has 2 rings (SSSR count). The second-order valence-corrected chi connectivity index (χ2v) is 7.33. The molecule has 0 aromatic heterocycles. The summed E-state index contributed by atoms with van der Waals surface area (Å²) in [5.74, 6) is 0.527. The summed E-state index contributed by atoms with van der Waals surface area (Å²) in [5.41, 5.74) is 2.86. The van der Waals surface area contributed by atoms with E-state index in [1.54, 1.807) is 13.1 Å². The molecule has 4 nitrogen and oxygen atoms in total. The molecule has 2 aromatic carbocycles. The van der Waals surface area contributed by atoms with E-state index in [0.717, 1.165) is 15.6 Å². The fraction of sp³-hybridized carbons (Fsp3) is 0.350. The van der Waals surface area contributed by atoms with Crippen LogP contribution in [0.2, 0.25) is 0 Å². The summed E-state index contributed by atoms with van der Waals surface area (Å²) >= 11 is 3.58. The van der Waals surface area contributed by atoms with Crippen molar-refractivity contribution in [3.8, 4) is 0 Å². The van der Waals surface area contributed by atoms with Gasteiger partial charge in [0.05, 0.1) is 6.04 Å². The Bertz CT molecular complexity index is 767. The molecule has 0 fully saturated rings. The molecule has 2 N–H and O–H groups in total. The molecule has 0 amide bonds. The van der Waals surface area contributed by atoms with Crippen LogP contribution in [0.1, 0.15) is 29.7 Å². The zero-order valence-electron chi connectivity index (χ0n) is 16.1. The van der Waals surface area contributed by atoms with Gasteiger partial charge in [-0.3, -0.25) is 4.99 Å². The van der Waals surface area contributed by atoms with Gasteiger partial charge in [-0.25, -0.2) is 4.39 Å². The number of hydrogen-bond donors (Lipinski definition) is 2. The minimum absolute atomic E-state index is 0. The highest BCUT2D eigenvalue weighted by Crippen LogP contribution is 2.22. The summed E-state index contributed by atoms with van der Waals surface area (Å²) < 4.78 is 15.0. The monoisotopic (exact) mass is 548 g/mol. The van der Waals surface area contributed by atoms with Gasteiger partial charge in [-0.1, -0.05) is 40.2 Å². The largest absolute Gasteiger partial charge is 0.352 e. The third kappa shape index (κ3) is 7.38. The van der Waals surface area contributed by atoms with Crippen molar-refractivity contribution < 1.29 is 4.39 Å². The molecule has 0 aliphatic carbocycles. The maximum Gasteiger partial charge on any atom is 0.191 e. The molecule has 0 bridgehead atoms. The molecular formula is C20H27BrFIN4. The molecule has 27 heavy (non-hydrogen) atoms. The lowest BCUT2D eigenvalue weighted by Gasteiger charge is -2.19. The van der Waals surface area contributed by atoms with Gasteiger partial charge in [-0.05, 0) is 50.3 Å². The average molecular weight is 549 g/mol. The van der Waals surface area contributed by atoms with Crippen LogP contribution in [-0.2, 0) is 13.1 Å². The van der Waals surface area contributed by atoms with Gasteiger partial charge in [-0.15, -0.1) is 24.0 Å². The van der Waals surface area contributed by atoms with Crippen LogP contribution in [0.4, 0.5) is 4.39 Å². The lowest BCUT2D eigenvalue weighted by Crippen LogP contribution is -2.38. The van der Waals surface area contributed by atoms with Crippen molar-refractivity contribution in [2.75, 3.05) is 21.1 Å². The number of nitrogens with zero attached hydrogens (tertiary/aromatic N) is 2. The number of halogens is 3. The summed E-state index contributed by atoms with van der Waals surface area (Å²) in [4.78, 5) is 6.24. The highest BCUT2D eigenvalue weighted by molar-refractivity contribution is 14.0. The molecule has 0 aliphatic heterocycles. The zero-order chi connectivity index (χ0) is 19.1. The first-order valence-corrected chi connectivity index (χ1v) is 9.33. The van der Waals surface area contributed by atoms with Gasteiger partial charge in [0, 0.05) is 30.2 Å². The standard InChI is InChI=1S/C20H26BrFN4.HI/c1-14(17-7-5-6-8-18(17)21)25-20(23-2)24-12-15-9-10-19(22)16(11-15)13-26(3)4;/h5-11,14H,12-13H2,1-4H3,(H2,23,24,25);1H. The maximum absolute atomic E-state index is 13.9. The number of benzene rings is 2. The van der Waals surface area contributed by atoms with E-state index >= 15 is 0 Å². The molecule has 0 saturated heterocycles. The van der Waals surface area contributed by atoms with E-state index in [4.69, 9.17) is 0 Å². The van der Waals surface area contributed by atoms with E-state index in [1.165, 1.54) is 6.07 Å². The lowest BCUT2D eigenvalue weighted by atomic mass is 10.1. The Hall–Kier alpha value is -1.19. The van der Waals surface area contributed by atoms with Crippen molar-refractivity contribution in [2.45, 2.75) is 26.1 Å². The SMILES string of the molecule is CN=C(NCc1ccc(F)c(CN(C)C)c1)NC(C)c1ccccc1Br.I. The topological polar surface area (TPSA) is 39.7 Å². The molecule has 0 radical (unpaired) electrons. The van der Waals surface area contributed by atoms with E-state index in [1.807, 2.05) is 43.3 Å². The number of hydrogen-bond acceptors (Lipinski definition) is 2. The van der Waals surface area contributed by atoms with E-state index in [2.05, 4.69) is 44.5 Å². The fourth-order valence-corrected chi connectivity index (χ4v) is 3.32. The van der Waals surface area contributed by atoms with Gasteiger partial charge in [0.25, 0.3) is 0 Å². The number of nitrogens with one attached hydrogen (secondary N) is 2. The maximum atomic E-state index is 13.9. The first kappa shape index (κ1) is 23.8. The van der Waals surface area contributed by atoms with Gasteiger partial charge in [0.2, 0.25) is 0 Å². The quantitative estimate of drug-likeness (QED) is 0.312. The molecule has 0 spiro atoms. The second-order valence-electron chi connectivity index (χ2n) is 6.48. The average Bonchev–Trinajstić information content (AvgIpc) is 2.60. The van der Waals surface area contributed by atoms with Crippen molar-refractivity contribution in [3.05, 3.63) is 69.4 Å². The summed E-state index contributed by atoms with van der Waals surface area (Å²) in [6.07, 6.45) is 0. The van der Waals surface area contributed by atoms with Crippen LogP contribution in [0.3, 0.4) is 0 Å². The third-order valence-electron chi connectivity index (χ3n) is 4.01. The Labute approximate surface area is 186 Å².